The molecular weight excluding hydrogens is 294 g/mol. The Kier molecular flexibility index (Phi) is 4.85. The van der Waals surface area contributed by atoms with Crippen LogP contribution in [0.5, 0.6) is 5.75 Å². The average molecular weight is 310 g/mol. The molecule has 112 valence electrons. The summed E-state index contributed by atoms with van der Waals surface area (Å²) < 4.78 is 5.49. The van der Waals surface area contributed by atoms with Crippen LogP contribution in [-0.2, 0) is 9.59 Å². The first-order chi connectivity index (χ1) is 9.97. The Morgan fingerprint density at radius 2 is 2.19 bits per heavy atom. The largest absolute Gasteiger partial charge is 0.483 e. The van der Waals surface area contributed by atoms with Gasteiger partial charge in [-0.2, -0.15) is 0 Å². The van der Waals surface area contributed by atoms with Gasteiger partial charge in [-0.1, -0.05) is 11.6 Å². The Hall–Kier alpha value is -2.01. The van der Waals surface area contributed by atoms with Crippen LogP contribution in [0.15, 0.2) is 24.3 Å². The molecule has 1 aromatic carbocycles. The van der Waals surface area contributed by atoms with Gasteiger partial charge in [0.2, 0.25) is 0 Å². The normalized spacial score (nSPS) is 14.2. The van der Waals surface area contributed by atoms with Gasteiger partial charge >= 0.3 is 5.97 Å². The van der Waals surface area contributed by atoms with E-state index < -0.39 is 5.97 Å². The molecule has 1 aliphatic carbocycles. The third-order valence-corrected chi connectivity index (χ3v) is 3.45. The lowest BCUT2D eigenvalue weighted by molar-refractivity contribution is -0.133. The van der Waals surface area contributed by atoms with Crippen molar-refractivity contribution in [3.8, 4) is 5.75 Å². The third-order valence-electron chi connectivity index (χ3n) is 3.22. The number of carboxylic acids is 1. The van der Waals surface area contributed by atoms with Gasteiger partial charge in [-0.05, 0) is 37.1 Å². The molecule has 21 heavy (non-hydrogen) atoms. The Bertz CT molecular complexity index is 581. The van der Waals surface area contributed by atoms with E-state index in [2.05, 4.69) is 0 Å². The highest BCUT2D eigenvalue weighted by Crippen LogP contribution is 2.26. The smallest absolute Gasteiger partial charge is 0.328 e. The van der Waals surface area contributed by atoms with Crippen molar-refractivity contribution in [1.82, 2.24) is 4.90 Å². The van der Waals surface area contributed by atoms with Crippen LogP contribution in [0.2, 0.25) is 5.02 Å². The Labute approximate surface area is 127 Å². The summed E-state index contributed by atoms with van der Waals surface area (Å²) in [5.41, 5.74) is 0.520. The number of halogens is 1. The van der Waals surface area contributed by atoms with Gasteiger partial charge in [-0.25, -0.2) is 4.79 Å². The Morgan fingerprint density at radius 3 is 2.81 bits per heavy atom. The van der Waals surface area contributed by atoms with E-state index in [1.54, 1.807) is 30.1 Å². The molecule has 1 saturated carbocycles. The van der Waals surface area contributed by atoms with Gasteiger partial charge in [-0.3, -0.25) is 4.79 Å². The van der Waals surface area contributed by atoms with Crippen LogP contribution in [-0.4, -0.2) is 41.6 Å². The molecule has 1 aliphatic rings. The van der Waals surface area contributed by atoms with E-state index in [4.69, 9.17) is 21.4 Å². The molecule has 0 heterocycles. The van der Waals surface area contributed by atoms with Crippen molar-refractivity contribution in [3.63, 3.8) is 0 Å². The topological polar surface area (TPSA) is 66.8 Å². The Morgan fingerprint density at radius 1 is 1.48 bits per heavy atom. The first-order valence-corrected chi connectivity index (χ1v) is 6.94. The van der Waals surface area contributed by atoms with Gasteiger partial charge in [-0.15, -0.1) is 0 Å². The van der Waals surface area contributed by atoms with Crippen LogP contribution in [0.25, 0.3) is 6.08 Å². The fourth-order valence-electron chi connectivity index (χ4n) is 1.85. The summed E-state index contributed by atoms with van der Waals surface area (Å²) >= 11 is 5.88. The fourth-order valence-corrected chi connectivity index (χ4v) is 2.03. The summed E-state index contributed by atoms with van der Waals surface area (Å²) in [4.78, 5) is 24.2. The minimum atomic E-state index is -1.06. The summed E-state index contributed by atoms with van der Waals surface area (Å²) in [6.45, 7) is -0.0808. The number of hydrogen-bond acceptors (Lipinski definition) is 3. The molecule has 1 amide bonds. The van der Waals surface area contributed by atoms with Gasteiger partial charge in [0.05, 0.1) is 0 Å². The maximum atomic E-state index is 11.9. The molecular formula is C15H16ClNO4. The van der Waals surface area contributed by atoms with Gasteiger partial charge in [0, 0.05) is 29.8 Å². The number of hydrogen-bond donors (Lipinski definition) is 1. The van der Waals surface area contributed by atoms with Crippen LogP contribution >= 0.6 is 11.6 Å². The maximum Gasteiger partial charge on any atom is 0.328 e. The molecule has 2 rings (SSSR count). The van der Waals surface area contributed by atoms with Gasteiger partial charge in [0.25, 0.3) is 5.91 Å². The quantitative estimate of drug-likeness (QED) is 0.820. The second-order valence-corrected chi connectivity index (χ2v) is 5.31. The zero-order chi connectivity index (χ0) is 15.4. The number of carbonyl (C=O) groups excluding carboxylic acids is 1. The lowest BCUT2D eigenvalue weighted by Crippen LogP contribution is -2.33. The molecule has 1 aromatic rings. The van der Waals surface area contributed by atoms with E-state index in [-0.39, 0.29) is 12.5 Å². The summed E-state index contributed by atoms with van der Waals surface area (Å²) in [6.07, 6.45) is 4.46. The van der Waals surface area contributed by atoms with Crippen molar-refractivity contribution < 1.29 is 19.4 Å². The minimum absolute atomic E-state index is 0.0808. The van der Waals surface area contributed by atoms with Crippen LogP contribution in [0, 0.1) is 0 Å². The standard InChI is InChI=1S/C15H16ClNO4/c1-17(12-4-5-12)14(18)9-21-13-6-3-11(16)8-10(13)2-7-15(19)20/h2-3,6-8,12H,4-5,9H2,1H3,(H,19,20). The molecule has 1 N–H and O–H groups in total. The minimum Gasteiger partial charge on any atom is -0.483 e. The number of carboxylic acid groups (broad SMARTS) is 1. The number of nitrogens with zero attached hydrogens (tertiary/aromatic N) is 1. The van der Waals surface area contributed by atoms with Crippen LogP contribution in [0.4, 0.5) is 0 Å². The summed E-state index contributed by atoms with van der Waals surface area (Å²) in [7, 11) is 1.76. The molecule has 0 unspecified atom stereocenters. The van der Waals surface area contributed by atoms with E-state index in [1.807, 2.05) is 0 Å². The van der Waals surface area contributed by atoms with Gasteiger partial charge in [0.15, 0.2) is 6.61 Å². The number of ether oxygens (including phenoxy) is 1. The van der Waals surface area contributed by atoms with Crippen LogP contribution < -0.4 is 4.74 Å². The van der Waals surface area contributed by atoms with Crippen molar-refractivity contribution in [2.75, 3.05) is 13.7 Å². The van der Waals surface area contributed by atoms with Gasteiger partial charge < -0.3 is 14.7 Å². The summed E-state index contributed by atoms with van der Waals surface area (Å²) in [5.74, 6) is -0.736. The van der Waals surface area contributed by atoms with E-state index in [1.165, 1.54) is 6.08 Å². The van der Waals surface area contributed by atoms with Crippen molar-refractivity contribution in [3.05, 3.63) is 34.9 Å². The van der Waals surface area contributed by atoms with Crippen molar-refractivity contribution in [2.24, 2.45) is 0 Å². The third kappa shape index (κ3) is 4.49. The predicted octanol–water partition coefficient (Wildman–Crippen LogP) is 2.44. The number of aliphatic carboxylic acids is 1. The molecule has 0 aromatic heterocycles. The molecule has 0 aliphatic heterocycles. The number of rotatable bonds is 6. The molecule has 0 bridgehead atoms. The number of carbonyl (C=O) groups is 2. The SMILES string of the molecule is CN(C(=O)COc1ccc(Cl)cc1C=CC(=O)O)C1CC1. The molecule has 0 saturated heterocycles. The van der Waals surface area contributed by atoms with E-state index >= 15 is 0 Å². The monoisotopic (exact) mass is 309 g/mol. The first-order valence-electron chi connectivity index (χ1n) is 6.56. The van der Waals surface area contributed by atoms with Crippen molar-refractivity contribution in [2.45, 2.75) is 18.9 Å². The zero-order valence-corrected chi connectivity index (χ0v) is 12.3. The van der Waals surface area contributed by atoms with E-state index in [9.17, 15) is 9.59 Å². The molecule has 1 fully saturated rings. The number of benzene rings is 1. The highest BCUT2D eigenvalue weighted by atomic mass is 35.5. The van der Waals surface area contributed by atoms with Crippen LogP contribution in [0.1, 0.15) is 18.4 Å². The molecule has 6 heteroatoms. The van der Waals surface area contributed by atoms with Crippen molar-refractivity contribution in [1.29, 1.82) is 0 Å². The molecule has 0 atom stereocenters. The first kappa shape index (κ1) is 15.4. The van der Waals surface area contributed by atoms with Crippen molar-refractivity contribution >= 4 is 29.6 Å². The summed E-state index contributed by atoms with van der Waals surface area (Å²) in [5, 5.41) is 9.14. The highest BCUT2D eigenvalue weighted by molar-refractivity contribution is 6.30. The molecule has 5 nitrogen and oxygen atoms in total. The van der Waals surface area contributed by atoms with Crippen LogP contribution in [0.3, 0.4) is 0 Å². The average Bonchev–Trinajstić information content (AvgIpc) is 3.27. The fraction of sp³-hybridized carbons (Fsp3) is 0.333. The van der Waals surface area contributed by atoms with E-state index in [0.29, 0.717) is 22.4 Å². The number of likely N-dealkylation sites (N-methyl/N-ethyl adjacent to an activating group) is 1. The van der Waals surface area contributed by atoms with E-state index in [0.717, 1.165) is 18.9 Å². The van der Waals surface area contributed by atoms with Gasteiger partial charge in [0.1, 0.15) is 5.75 Å². The second kappa shape index (κ2) is 6.63. The predicted molar refractivity (Wildman–Crippen MR) is 79.4 cm³/mol. The maximum absolute atomic E-state index is 11.9. The second-order valence-electron chi connectivity index (χ2n) is 4.88. The highest BCUT2D eigenvalue weighted by Gasteiger charge is 2.29. The zero-order valence-electron chi connectivity index (χ0n) is 11.6. The number of amides is 1. The molecule has 0 radical (unpaired) electrons. The molecule has 0 spiro atoms. The Balaban J connectivity index is 2.04. The lowest BCUT2D eigenvalue weighted by atomic mass is 10.2. The summed E-state index contributed by atoms with van der Waals surface area (Å²) in [6, 6.07) is 5.17. The lowest BCUT2D eigenvalue weighted by Gasteiger charge is -2.17.